The van der Waals surface area contributed by atoms with Crippen LogP contribution in [0.5, 0.6) is 0 Å². The molecule has 0 spiro atoms. The van der Waals surface area contributed by atoms with Crippen molar-refractivity contribution in [3.05, 3.63) is 24.0 Å². The van der Waals surface area contributed by atoms with E-state index in [1.54, 1.807) is 12.1 Å². The van der Waals surface area contributed by atoms with Crippen LogP contribution in [-0.2, 0) is 0 Å². The Morgan fingerprint density at radius 1 is 1.60 bits per heavy atom. The third-order valence-corrected chi connectivity index (χ3v) is 1.39. The smallest absolute Gasteiger partial charge is 0.112 e. The second kappa shape index (κ2) is 3.23. The van der Waals surface area contributed by atoms with E-state index in [9.17, 15) is 3.89 Å². The van der Waals surface area contributed by atoms with Gasteiger partial charge in [0.15, 0.2) is 0 Å². The molecule has 0 saturated heterocycles. The minimum Gasteiger partial charge on any atom is -0.247 e. The Bertz CT molecular complexity index is 249. The molecule has 1 nitrogen and oxygen atoms in total. The molecule has 3 heteroatoms. The first kappa shape index (κ1) is 7.10. The molecule has 0 unspecified atom stereocenters. The van der Waals surface area contributed by atoms with E-state index in [0.29, 0.717) is 10.6 Å². The Balaban J connectivity index is 2.93. The highest BCUT2D eigenvalue weighted by Gasteiger charge is 1.91. The summed E-state index contributed by atoms with van der Waals surface area (Å²) in [5, 5.41) is 0. The number of pyridine rings is 1. The van der Waals surface area contributed by atoms with Crippen LogP contribution >= 0.6 is 12.1 Å². The molecule has 1 heterocycles. The van der Waals surface area contributed by atoms with Crippen molar-refractivity contribution < 1.29 is 3.89 Å². The molecule has 0 radical (unpaired) electrons. The van der Waals surface area contributed by atoms with Crippen LogP contribution in [0.15, 0.2) is 23.2 Å². The first-order chi connectivity index (χ1) is 4.86. The van der Waals surface area contributed by atoms with Crippen LogP contribution in [0.25, 0.3) is 0 Å². The van der Waals surface area contributed by atoms with Gasteiger partial charge in [-0.05, 0) is 12.1 Å². The topological polar surface area (TPSA) is 12.9 Å². The van der Waals surface area contributed by atoms with Gasteiger partial charge >= 0.3 is 0 Å². The molecule has 0 aliphatic heterocycles. The maximum atomic E-state index is 11.8. The summed E-state index contributed by atoms with van der Waals surface area (Å²) in [5.74, 6) is 2.34. The van der Waals surface area contributed by atoms with Crippen molar-refractivity contribution in [2.75, 3.05) is 0 Å². The van der Waals surface area contributed by atoms with Gasteiger partial charge in [-0.2, -0.15) is 3.89 Å². The summed E-state index contributed by atoms with van der Waals surface area (Å²) < 4.78 is 11.8. The number of nitrogens with zero attached hydrogens (tertiary/aromatic N) is 1. The second-order valence-electron chi connectivity index (χ2n) is 1.60. The van der Waals surface area contributed by atoms with Crippen molar-refractivity contribution in [1.82, 2.24) is 4.98 Å². The minimum absolute atomic E-state index is 0.157. The molecule has 0 aliphatic rings. The largest absolute Gasteiger partial charge is 0.247 e. The fourth-order valence-electron chi connectivity index (χ4n) is 0.511. The predicted octanol–water partition coefficient (Wildman–Crippen LogP) is 2.04. The third kappa shape index (κ3) is 1.49. The van der Waals surface area contributed by atoms with E-state index in [4.69, 9.17) is 6.42 Å². The van der Waals surface area contributed by atoms with E-state index < -0.39 is 0 Å². The van der Waals surface area contributed by atoms with Crippen LogP contribution in [0.3, 0.4) is 0 Å². The average molecular weight is 153 g/mol. The van der Waals surface area contributed by atoms with Gasteiger partial charge in [0, 0.05) is 6.20 Å². The summed E-state index contributed by atoms with van der Waals surface area (Å²) in [7, 11) is 0. The Morgan fingerprint density at radius 2 is 2.40 bits per heavy atom. The molecule has 10 heavy (non-hydrogen) atoms. The molecular weight excluding hydrogens is 149 g/mol. The van der Waals surface area contributed by atoms with Gasteiger partial charge in [0.25, 0.3) is 0 Å². The quantitative estimate of drug-likeness (QED) is 0.572. The summed E-state index contributed by atoms with van der Waals surface area (Å²) in [6.45, 7) is 0. The number of hydrogen-bond donors (Lipinski definition) is 0. The maximum Gasteiger partial charge on any atom is 0.112 e. The summed E-state index contributed by atoms with van der Waals surface area (Å²) in [4.78, 5) is 4.24. The monoisotopic (exact) mass is 153 g/mol. The molecule has 0 N–H and O–H groups in total. The standard InChI is InChI=1S/C7H4FNS/c1-2-6-3-4-7(10-8)5-9-6/h1,3-5H. The molecule has 1 rings (SSSR count). The molecule has 0 saturated carbocycles. The lowest BCUT2D eigenvalue weighted by Crippen LogP contribution is -1.79. The van der Waals surface area contributed by atoms with Crippen molar-refractivity contribution in [2.45, 2.75) is 4.90 Å². The van der Waals surface area contributed by atoms with Gasteiger partial charge in [0.05, 0.1) is 17.0 Å². The summed E-state index contributed by atoms with van der Waals surface area (Å²) in [6, 6.07) is 3.19. The van der Waals surface area contributed by atoms with Gasteiger partial charge < -0.3 is 0 Å². The third-order valence-electron chi connectivity index (χ3n) is 0.973. The van der Waals surface area contributed by atoms with Crippen molar-refractivity contribution in [2.24, 2.45) is 0 Å². The van der Waals surface area contributed by atoms with Crippen molar-refractivity contribution in [1.29, 1.82) is 0 Å². The first-order valence-electron chi connectivity index (χ1n) is 2.58. The van der Waals surface area contributed by atoms with Gasteiger partial charge in [0.2, 0.25) is 0 Å². The zero-order valence-electron chi connectivity index (χ0n) is 5.04. The van der Waals surface area contributed by atoms with Gasteiger partial charge in [-0.15, -0.1) is 6.42 Å². The van der Waals surface area contributed by atoms with Crippen LogP contribution in [-0.4, -0.2) is 4.98 Å². The van der Waals surface area contributed by atoms with Gasteiger partial charge in [-0.25, -0.2) is 4.98 Å². The number of hydrogen-bond acceptors (Lipinski definition) is 2. The fraction of sp³-hybridized carbons (Fsp3) is 0. The Hall–Kier alpha value is -1.01. The minimum atomic E-state index is 0.157. The molecule has 0 bridgehead atoms. The van der Waals surface area contributed by atoms with Crippen LogP contribution in [0.2, 0.25) is 0 Å². The van der Waals surface area contributed by atoms with E-state index >= 15 is 0 Å². The van der Waals surface area contributed by atoms with Crippen LogP contribution in [0, 0.1) is 12.3 Å². The van der Waals surface area contributed by atoms with Crippen LogP contribution in [0.4, 0.5) is 3.89 Å². The summed E-state index contributed by atoms with van der Waals surface area (Å²) in [6.07, 6.45) is 6.43. The lowest BCUT2D eigenvalue weighted by molar-refractivity contribution is 0.931. The van der Waals surface area contributed by atoms with Crippen molar-refractivity contribution in [3.8, 4) is 12.3 Å². The zero-order chi connectivity index (χ0) is 7.40. The fourth-order valence-corrected chi connectivity index (χ4v) is 0.723. The van der Waals surface area contributed by atoms with Gasteiger partial charge in [-0.3, -0.25) is 0 Å². The van der Waals surface area contributed by atoms with E-state index in [1.165, 1.54) is 6.20 Å². The lowest BCUT2D eigenvalue weighted by Gasteiger charge is -1.90. The highest BCUT2D eigenvalue weighted by molar-refractivity contribution is 7.94. The molecular formula is C7H4FNS. The molecule has 50 valence electrons. The number of halogens is 1. The number of aromatic nitrogens is 1. The average Bonchev–Trinajstić information content (AvgIpc) is 2.05. The van der Waals surface area contributed by atoms with E-state index in [1.807, 2.05) is 0 Å². The molecule has 0 aromatic carbocycles. The van der Waals surface area contributed by atoms with Crippen LogP contribution < -0.4 is 0 Å². The predicted molar refractivity (Wildman–Crippen MR) is 39.1 cm³/mol. The Morgan fingerprint density at radius 3 is 2.80 bits per heavy atom. The zero-order valence-corrected chi connectivity index (χ0v) is 5.86. The first-order valence-corrected chi connectivity index (χ1v) is 3.30. The molecule has 0 aliphatic carbocycles. The van der Waals surface area contributed by atoms with E-state index in [-0.39, 0.29) is 12.1 Å². The van der Waals surface area contributed by atoms with Gasteiger partial charge in [-0.1, -0.05) is 5.92 Å². The van der Waals surface area contributed by atoms with E-state index in [2.05, 4.69) is 10.9 Å². The normalized spacial score (nSPS) is 8.80. The maximum absolute atomic E-state index is 11.8. The Kier molecular flexibility index (Phi) is 2.30. The SMILES string of the molecule is C#Cc1ccc(SF)cn1. The van der Waals surface area contributed by atoms with Crippen molar-refractivity contribution in [3.63, 3.8) is 0 Å². The van der Waals surface area contributed by atoms with Crippen LogP contribution in [0.1, 0.15) is 5.69 Å². The van der Waals surface area contributed by atoms with Crippen molar-refractivity contribution >= 4 is 12.1 Å². The number of terminal acetylenes is 1. The second-order valence-corrected chi connectivity index (χ2v) is 2.23. The lowest BCUT2D eigenvalue weighted by atomic mass is 10.4. The molecule has 1 aromatic heterocycles. The Labute approximate surface area is 63.0 Å². The van der Waals surface area contributed by atoms with Gasteiger partial charge in [0.1, 0.15) is 5.69 Å². The summed E-state index contributed by atoms with van der Waals surface area (Å²) >= 11 is 0.157. The van der Waals surface area contributed by atoms with E-state index in [0.717, 1.165) is 0 Å². The summed E-state index contributed by atoms with van der Waals surface area (Å²) in [5.41, 5.74) is 0.526. The molecule has 0 amide bonds. The highest BCUT2D eigenvalue weighted by atomic mass is 32.2. The number of rotatable bonds is 1. The molecule has 0 fully saturated rings. The molecule has 1 aromatic rings. The highest BCUT2D eigenvalue weighted by Crippen LogP contribution is 2.16. The molecule has 0 atom stereocenters.